The number of rotatable bonds is 10. The zero-order chi connectivity index (χ0) is 14.8. The molecule has 0 spiro atoms. The van der Waals surface area contributed by atoms with Gasteiger partial charge < -0.3 is 5.11 Å². The third-order valence-electron chi connectivity index (χ3n) is 3.14. The molecule has 0 aliphatic carbocycles. The fraction of sp³-hybridized carbons (Fsp3) is 0.562. The van der Waals surface area contributed by atoms with Crippen LogP contribution in [-0.2, 0) is 4.79 Å². The van der Waals surface area contributed by atoms with E-state index in [1.54, 1.807) is 0 Å². The first-order valence-electron chi connectivity index (χ1n) is 7.08. The highest BCUT2D eigenvalue weighted by molar-refractivity contribution is 8.00. The van der Waals surface area contributed by atoms with Gasteiger partial charge in [-0.3, -0.25) is 4.79 Å². The molecule has 20 heavy (non-hydrogen) atoms. The van der Waals surface area contributed by atoms with Gasteiger partial charge >= 0.3 is 5.97 Å². The summed E-state index contributed by atoms with van der Waals surface area (Å²) in [5.41, 5.74) is 1.20. The second-order valence-corrected chi connectivity index (χ2v) is 7.22. The number of carbonyl (C=O) groups is 1. The number of hydrogen-bond donors (Lipinski definition) is 1. The van der Waals surface area contributed by atoms with Crippen molar-refractivity contribution in [1.29, 1.82) is 0 Å². The third kappa shape index (κ3) is 7.25. The van der Waals surface area contributed by atoms with Crippen LogP contribution < -0.4 is 0 Å². The summed E-state index contributed by atoms with van der Waals surface area (Å²) >= 11 is 3.35. The summed E-state index contributed by atoms with van der Waals surface area (Å²) in [5.74, 6) is 0.514. The fourth-order valence-electron chi connectivity index (χ4n) is 1.94. The maximum Gasteiger partial charge on any atom is 0.316 e. The third-order valence-corrected chi connectivity index (χ3v) is 5.10. The molecule has 0 bridgehead atoms. The minimum Gasteiger partial charge on any atom is -0.480 e. The fourth-order valence-corrected chi connectivity index (χ4v) is 3.44. The van der Waals surface area contributed by atoms with Crippen molar-refractivity contribution in [3.05, 3.63) is 29.8 Å². The molecule has 0 aliphatic heterocycles. The Hall–Kier alpha value is -0.610. The van der Waals surface area contributed by atoms with Crippen molar-refractivity contribution >= 4 is 29.5 Å². The van der Waals surface area contributed by atoms with E-state index < -0.39 is 5.97 Å². The van der Waals surface area contributed by atoms with Crippen molar-refractivity contribution < 1.29 is 9.90 Å². The highest BCUT2D eigenvalue weighted by atomic mass is 32.2. The molecular weight excluding hydrogens is 288 g/mol. The van der Waals surface area contributed by atoms with Gasteiger partial charge in [0, 0.05) is 4.90 Å². The van der Waals surface area contributed by atoms with Gasteiger partial charge in [-0.05, 0) is 43.9 Å². The Labute approximate surface area is 130 Å². The number of aliphatic carboxylic acids is 1. The summed E-state index contributed by atoms with van der Waals surface area (Å²) < 4.78 is 0. The molecule has 0 aliphatic rings. The molecule has 0 amide bonds. The van der Waals surface area contributed by atoms with Crippen LogP contribution in [0.4, 0.5) is 0 Å². The second kappa shape index (κ2) is 10.2. The molecule has 1 unspecified atom stereocenters. The zero-order valence-electron chi connectivity index (χ0n) is 12.3. The number of hydrogen-bond acceptors (Lipinski definition) is 3. The van der Waals surface area contributed by atoms with Crippen LogP contribution in [0.1, 0.15) is 37.7 Å². The number of carboxylic acids is 1. The highest BCUT2D eigenvalue weighted by Gasteiger charge is 2.18. The van der Waals surface area contributed by atoms with Gasteiger partial charge in [-0.2, -0.15) is 11.8 Å². The topological polar surface area (TPSA) is 37.3 Å². The highest BCUT2D eigenvalue weighted by Crippen LogP contribution is 2.27. The number of aryl methyl sites for hydroxylation is 1. The number of unbranched alkanes of at least 4 members (excludes halogenated alkanes) is 3. The average molecular weight is 313 g/mol. The van der Waals surface area contributed by atoms with Crippen LogP contribution in [-0.4, -0.2) is 28.3 Å². The van der Waals surface area contributed by atoms with Gasteiger partial charge in [0.05, 0.1) is 0 Å². The first-order valence-corrected chi connectivity index (χ1v) is 9.36. The van der Waals surface area contributed by atoms with E-state index in [9.17, 15) is 9.90 Å². The Kier molecular flexibility index (Phi) is 8.86. The van der Waals surface area contributed by atoms with Crippen LogP contribution in [0.5, 0.6) is 0 Å². The number of carboxylic acid groups (broad SMARTS) is 1. The predicted molar refractivity (Wildman–Crippen MR) is 89.9 cm³/mol. The Morgan fingerprint density at radius 1 is 1.15 bits per heavy atom. The van der Waals surface area contributed by atoms with Crippen molar-refractivity contribution in [2.75, 3.05) is 12.0 Å². The van der Waals surface area contributed by atoms with Crippen LogP contribution >= 0.6 is 23.5 Å². The molecular formula is C16H24O2S2. The number of benzene rings is 1. The molecule has 0 fully saturated rings. The van der Waals surface area contributed by atoms with Crippen molar-refractivity contribution in [2.24, 2.45) is 0 Å². The zero-order valence-corrected chi connectivity index (χ0v) is 13.9. The molecule has 0 saturated heterocycles. The minimum atomic E-state index is -0.695. The molecule has 1 aromatic carbocycles. The van der Waals surface area contributed by atoms with E-state index >= 15 is 0 Å². The summed E-state index contributed by atoms with van der Waals surface area (Å²) in [6.45, 7) is 2.04. The quantitative estimate of drug-likeness (QED) is 0.495. The van der Waals surface area contributed by atoms with Crippen LogP contribution in [0, 0.1) is 6.92 Å². The van der Waals surface area contributed by atoms with Crippen LogP contribution in [0.2, 0.25) is 0 Å². The summed E-state index contributed by atoms with van der Waals surface area (Å²) in [6, 6.07) is 8.08. The van der Waals surface area contributed by atoms with Gasteiger partial charge in [-0.25, -0.2) is 0 Å². The van der Waals surface area contributed by atoms with Gasteiger partial charge in [0.1, 0.15) is 5.25 Å². The van der Waals surface area contributed by atoms with E-state index in [0.29, 0.717) is 0 Å². The van der Waals surface area contributed by atoms with Gasteiger partial charge in [0.25, 0.3) is 0 Å². The Bertz CT molecular complexity index is 390. The molecule has 0 saturated carbocycles. The van der Waals surface area contributed by atoms with Gasteiger partial charge in [-0.15, -0.1) is 11.8 Å². The molecule has 1 aromatic rings. The SMILES string of the molecule is CSCCCCCCC(Sc1ccc(C)cc1)C(=O)O. The maximum atomic E-state index is 11.3. The van der Waals surface area contributed by atoms with E-state index in [1.807, 2.05) is 43.0 Å². The lowest BCUT2D eigenvalue weighted by Gasteiger charge is -2.12. The van der Waals surface area contributed by atoms with Gasteiger partial charge in [0.2, 0.25) is 0 Å². The average Bonchev–Trinajstić information content (AvgIpc) is 2.43. The van der Waals surface area contributed by atoms with E-state index in [1.165, 1.54) is 35.9 Å². The summed E-state index contributed by atoms with van der Waals surface area (Å²) in [4.78, 5) is 12.4. The maximum absolute atomic E-state index is 11.3. The lowest BCUT2D eigenvalue weighted by atomic mass is 10.1. The first kappa shape index (κ1) is 17.4. The van der Waals surface area contributed by atoms with Crippen LogP contribution in [0.15, 0.2) is 29.2 Å². The Balaban J connectivity index is 2.33. The van der Waals surface area contributed by atoms with Crippen LogP contribution in [0.25, 0.3) is 0 Å². The van der Waals surface area contributed by atoms with Gasteiger partial charge in [-0.1, -0.05) is 37.0 Å². The lowest BCUT2D eigenvalue weighted by molar-refractivity contribution is -0.136. The van der Waals surface area contributed by atoms with E-state index in [0.717, 1.165) is 24.2 Å². The Morgan fingerprint density at radius 3 is 2.40 bits per heavy atom. The smallest absolute Gasteiger partial charge is 0.316 e. The molecule has 0 radical (unpaired) electrons. The second-order valence-electron chi connectivity index (χ2n) is 4.95. The largest absolute Gasteiger partial charge is 0.480 e. The molecule has 112 valence electrons. The van der Waals surface area contributed by atoms with Crippen molar-refractivity contribution in [3.63, 3.8) is 0 Å². The normalized spacial score (nSPS) is 12.3. The van der Waals surface area contributed by atoms with Gasteiger partial charge in [0.15, 0.2) is 0 Å². The minimum absolute atomic E-state index is 0.321. The van der Waals surface area contributed by atoms with E-state index in [2.05, 4.69) is 6.26 Å². The predicted octanol–water partition coefficient (Wildman–Crippen LogP) is 4.85. The molecule has 1 rings (SSSR count). The van der Waals surface area contributed by atoms with Crippen molar-refractivity contribution in [3.8, 4) is 0 Å². The first-order chi connectivity index (χ1) is 9.63. The molecule has 1 atom stereocenters. The van der Waals surface area contributed by atoms with Crippen LogP contribution in [0.3, 0.4) is 0 Å². The molecule has 2 nitrogen and oxygen atoms in total. The molecule has 0 aromatic heterocycles. The van der Waals surface area contributed by atoms with E-state index in [-0.39, 0.29) is 5.25 Å². The summed E-state index contributed by atoms with van der Waals surface area (Å²) in [6.07, 6.45) is 7.47. The molecule has 1 N–H and O–H groups in total. The van der Waals surface area contributed by atoms with E-state index in [4.69, 9.17) is 0 Å². The standard InChI is InChI=1S/C16H24O2S2/c1-13-8-10-14(11-9-13)20-15(16(17)18)7-5-3-4-6-12-19-2/h8-11,15H,3-7,12H2,1-2H3,(H,17,18). The van der Waals surface area contributed by atoms with Crippen molar-refractivity contribution in [1.82, 2.24) is 0 Å². The van der Waals surface area contributed by atoms with Crippen molar-refractivity contribution in [2.45, 2.75) is 49.2 Å². The monoisotopic (exact) mass is 312 g/mol. The summed E-state index contributed by atoms with van der Waals surface area (Å²) in [5, 5.41) is 8.98. The number of thioether (sulfide) groups is 2. The Morgan fingerprint density at radius 2 is 1.80 bits per heavy atom. The lowest BCUT2D eigenvalue weighted by Crippen LogP contribution is -2.16. The summed E-state index contributed by atoms with van der Waals surface area (Å²) in [7, 11) is 0. The molecule has 0 heterocycles. The molecule has 4 heteroatoms.